The quantitative estimate of drug-likeness (QED) is 0.787. The Kier molecular flexibility index (Phi) is 2.25. The van der Waals surface area contributed by atoms with Crippen LogP contribution in [-0.2, 0) is 6.42 Å². The molecule has 0 radical (unpaired) electrons. The van der Waals surface area contributed by atoms with Crippen molar-refractivity contribution in [3.63, 3.8) is 0 Å². The summed E-state index contributed by atoms with van der Waals surface area (Å²) in [4.78, 5) is 0. The number of ether oxygens (including phenoxy) is 2. The highest BCUT2D eigenvalue weighted by Crippen LogP contribution is 2.35. The number of fused-ring (bicyclic) bond motifs is 1. The highest BCUT2D eigenvalue weighted by Gasteiger charge is 2.21. The van der Waals surface area contributed by atoms with Crippen molar-refractivity contribution in [2.75, 3.05) is 26.3 Å². The summed E-state index contributed by atoms with van der Waals surface area (Å²) in [5, 5.41) is 3.29. The monoisotopic (exact) mass is 205 g/mol. The summed E-state index contributed by atoms with van der Waals surface area (Å²) in [5.41, 5.74) is 1.29. The van der Waals surface area contributed by atoms with Gasteiger partial charge in [-0.15, -0.1) is 0 Å². The molecule has 1 fully saturated rings. The van der Waals surface area contributed by atoms with Gasteiger partial charge in [-0.05, 0) is 37.1 Å². The van der Waals surface area contributed by atoms with E-state index in [0.29, 0.717) is 13.2 Å². The van der Waals surface area contributed by atoms with Crippen LogP contribution in [0.5, 0.6) is 11.5 Å². The average Bonchev–Trinajstić information content (AvgIpc) is 2.23. The van der Waals surface area contributed by atoms with Crippen molar-refractivity contribution in [2.45, 2.75) is 6.42 Å². The molecule has 0 aromatic heterocycles. The summed E-state index contributed by atoms with van der Waals surface area (Å²) in [6.07, 6.45) is 1.10. The maximum absolute atomic E-state index is 5.68. The number of para-hydroxylation sites is 1. The molecule has 2 heterocycles. The van der Waals surface area contributed by atoms with Gasteiger partial charge < -0.3 is 14.8 Å². The Balaban J connectivity index is 1.85. The van der Waals surface area contributed by atoms with Gasteiger partial charge >= 0.3 is 0 Å². The van der Waals surface area contributed by atoms with Crippen molar-refractivity contribution < 1.29 is 9.47 Å². The van der Waals surface area contributed by atoms with Crippen LogP contribution in [0.1, 0.15) is 5.56 Å². The van der Waals surface area contributed by atoms with E-state index in [1.165, 1.54) is 5.56 Å². The molecule has 1 aromatic rings. The maximum Gasteiger partial charge on any atom is 0.164 e. The lowest BCUT2D eigenvalue weighted by molar-refractivity contribution is 0.169. The van der Waals surface area contributed by atoms with Gasteiger partial charge in [-0.3, -0.25) is 0 Å². The molecule has 0 saturated carbocycles. The number of benzene rings is 1. The number of rotatable bonds is 2. The molecule has 2 aliphatic heterocycles. The zero-order valence-corrected chi connectivity index (χ0v) is 8.66. The van der Waals surface area contributed by atoms with Crippen molar-refractivity contribution in [1.82, 2.24) is 5.32 Å². The largest absolute Gasteiger partial charge is 0.486 e. The Labute approximate surface area is 89.4 Å². The SMILES string of the molecule is c1cc(CC2CNC2)c2c(c1)OCCO2. The van der Waals surface area contributed by atoms with Crippen molar-refractivity contribution in [2.24, 2.45) is 5.92 Å². The van der Waals surface area contributed by atoms with Gasteiger partial charge in [0.2, 0.25) is 0 Å². The molecule has 80 valence electrons. The molecule has 3 nitrogen and oxygen atoms in total. The second-order valence-electron chi connectivity index (χ2n) is 4.17. The van der Waals surface area contributed by atoms with E-state index in [1.54, 1.807) is 0 Å². The van der Waals surface area contributed by atoms with E-state index in [-0.39, 0.29) is 0 Å². The fraction of sp³-hybridized carbons (Fsp3) is 0.500. The maximum atomic E-state index is 5.68. The molecule has 0 aliphatic carbocycles. The van der Waals surface area contributed by atoms with Gasteiger partial charge in [0.05, 0.1) is 0 Å². The first-order chi connectivity index (χ1) is 7.43. The number of hydrogen-bond donors (Lipinski definition) is 1. The molecular weight excluding hydrogens is 190 g/mol. The minimum absolute atomic E-state index is 0.668. The smallest absolute Gasteiger partial charge is 0.164 e. The zero-order chi connectivity index (χ0) is 10.1. The first kappa shape index (κ1) is 9.04. The normalized spacial score (nSPS) is 19.7. The van der Waals surface area contributed by atoms with E-state index >= 15 is 0 Å². The van der Waals surface area contributed by atoms with E-state index in [2.05, 4.69) is 17.4 Å². The molecule has 0 amide bonds. The van der Waals surface area contributed by atoms with E-state index in [1.807, 2.05) is 6.07 Å². The van der Waals surface area contributed by atoms with Crippen LogP contribution in [-0.4, -0.2) is 26.3 Å². The lowest BCUT2D eigenvalue weighted by Crippen LogP contribution is -2.43. The minimum atomic E-state index is 0.668. The fourth-order valence-corrected chi connectivity index (χ4v) is 2.10. The van der Waals surface area contributed by atoms with Gasteiger partial charge in [0.1, 0.15) is 13.2 Å². The van der Waals surface area contributed by atoms with Crippen LogP contribution in [0.25, 0.3) is 0 Å². The van der Waals surface area contributed by atoms with Crippen LogP contribution in [0.3, 0.4) is 0 Å². The second kappa shape index (κ2) is 3.74. The van der Waals surface area contributed by atoms with Crippen LogP contribution in [0.4, 0.5) is 0 Å². The minimum Gasteiger partial charge on any atom is -0.486 e. The van der Waals surface area contributed by atoms with Gasteiger partial charge in [-0.25, -0.2) is 0 Å². The molecule has 1 N–H and O–H groups in total. The summed E-state index contributed by atoms with van der Waals surface area (Å²) in [5.74, 6) is 2.64. The zero-order valence-electron chi connectivity index (χ0n) is 8.66. The first-order valence-electron chi connectivity index (χ1n) is 5.52. The highest BCUT2D eigenvalue weighted by molar-refractivity contribution is 5.47. The molecule has 3 rings (SSSR count). The molecule has 0 atom stereocenters. The van der Waals surface area contributed by atoms with Crippen molar-refractivity contribution >= 4 is 0 Å². The van der Waals surface area contributed by atoms with Gasteiger partial charge in [-0.1, -0.05) is 12.1 Å². The molecule has 0 bridgehead atoms. The summed E-state index contributed by atoms with van der Waals surface area (Å²) in [6, 6.07) is 6.18. The summed E-state index contributed by atoms with van der Waals surface area (Å²) < 4.78 is 11.2. The van der Waals surface area contributed by atoms with E-state index in [0.717, 1.165) is 36.9 Å². The standard InChI is InChI=1S/C12H15NO2/c1-2-10(6-9-7-13-8-9)12-11(3-1)14-4-5-15-12/h1-3,9,13H,4-8H2. The van der Waals surface area contributed by atoms with Crippen molar-refractivity contribution in [1.29, 1.82) is 0 Å². The van der Waals surface area contributed by atoms with Crippen LogP contribution in [0.15, 0.2) is 18.2 Å². The summed E-state index contributed by atoms with van der Waals surface area (Å²) in [7, 11) is 0. The first-order valence-corrected chi connectivity index (χ1v) is 5.52. The third kappa shape index (κ3) is 1.67. The second-order valence-corrected chi connectivity index (χ2v) is 4.17. The Morgan fingerprint density at radius 1 is 1.20 bits per heavy atom. The van der Waals surface area contributed by atoms with Gasteiger partial charge in [0.15, 0.2) is 11.5 Å². The molecule has 3 heteroatoms. The van der Waals surface area contributed by atoms with Gasteiger partial charge in [-0.2, -0.15) is 0 Å². The third-order valence-corrected chi connectivity index (χ3v) is 3.02. The third-order valence-electron chi connectivity index (χ3n) is 3.02. The Bertz CT molecular complexity index is 361. The number of hydrogen-bond acceptors (Lipinski definition) is 3. The summed E-state index contributed by atoms with van der Waals surface area (Å²) >= 11 is 0. The fourth-order valence-electron chi connectivity index (χ4n) is 2.10. The highest BCUT2D eigenvalue weighted by atomic mass is 16.6. The van der Waals surface area contributed by atoms with Gasteiger partial charge in [0.25, 0.3) is 0 Å². The van der Waals surface area contributed by atoms with Crippen LogP contribution >= 0.6 is 0 Å². The molecular formula is C12H15NO2. The van der Waals surface area contributed by atoms with Gasteiger partial charge in [0, 0.05) is 0 Å². The predicted octanol–water partition coefficient (Wildman–Crippen LogP) is 1.22. The Morgan fingerprint density at radius 2 is 2.07 bits per heavy atom. The number of nitrogens with one attached hydrogen (secondary N) is 1. The molecule has 1 saturated heterocycles. The van der Waals surface area contributed by atoms with E-state index in [9.17, 15) is 0 Å². The molecule has 0 spiro atoms. The molecule has 2 aliphatic rings. The average molecular weight is 205 g/mol. The van der Waals surface area contributed by atoms with Crippen LogP contribution < -0.4 is 14.8 Å². The molecule has 1 aromatic carbocycles. The molecule has 15 heavy (non-hydrogen) atoms. The lowest BCUT2D eigenvalue weighted by atomic mass is 9.93. The topological polar surface area (TPSA) is 30.5 Å². The molecule has 0 unspecified atom stereocenters. The van der Waals surface area contributed by atoms with Crippen LogP contribution in [0.2, 0.25) is 0 Å². The summed E-state index contributed by atoms with van der Waals surface area (Å²) in [6.45, 7) is 3.60. The van der Waals surface area contributed by atoms with Crippen LogP contribution in [0, 0.1) is 5.92 Å². The predicted molar refractivity (Wildman–Crippen MR) is 57.5 cm³/mol. The van der Waals surface area contributed by atoms with E-state index in [4.69, 9.17) is 9.47 Å². The Morgan fingerprint density at radius 3 is 2.87 bits per heavy atom. The van der Waals surface area contributed by atoms with Crippen molar-refractivity contribution in [3.05, 3.63) is 23.8 Å². The lowest BCUT2D eigenvalue weighted by Gasteiger charge is -2.29. The van der Waals surface area contributed by atoms with E-state index < -0.39 is 0 Å². The van der Waals surface area contributed by atoms with Crippen molar-refractivity contribution in [3.8, 4) is 11.5 Å². The Hall–Kier alpha value is -1.22.